The number of aromatic nitrogens is 5. The monoisotopic (exact) mass is 328 g/mol. The smallest absolute Gasteiger partial charge is 0.173 e. The maximum absolute atomic E-state index is 4.61. The fourth-order valence-corrected chi connectivity index (χ4v) is 2.61. The number of anilines is 1. The van der Waals surface area contributed by atoms with Crippen molar-refractivity contribution in [3.8, 4) is 5.82 Å². The van der Waals surface area contributed by atoms with Crippen molar-refractivity contribution in [1.82, 2.24) is 24.7 Å². The van der Waals surface area contributed by atoms with Crippen molar-refractivity contribution < 1.29 is 0 Å². The Morgan fingerprint density at radius 1 is 0.880 bits per heavy atom. The molecule has 122 valence electrons. The molecular weight excluding hydrogens is 312 g/mol. The minimum absolute atomic E-state index is 0.121. The Hall–Kier alpha value is -3.54. The highest BCUT2D eigenvalue weighted by Gasteiger charge is 2.16. The van der Waals surface area contributed by atoms with Gasteiger partial charge < -0.3 is 5.32 Å². The summed E-state index contributed by atoms with van der Waals surface area (Å²) in [5.74, 6) is 1.32. The van der Waals surface area contributed by atoms with Gasteiger partial charge in [-0.3, -0.25) is 9.97 Å². The van der Waals surface area contributed by atoms with Crippen molar-refractivity contribution in [3.63, 3.8) is 0 Å². The van der Waals surface area contributed by atoms with E-state index in [4.69, 9.17) is 0 Å². The van der Waals surface area contributed by atoms with Crippen LogP contribution in [0.2, 0.25) is 0 Å². The molecule has 1 aromatic carbocycles. The van der Waals surface area contributed by atoms with E-state index in [1.54, 1.807) is 29.5 Å². The molecule has 0 fully saturated rings. The molecule has 4 rings (SSSR count). The van der Waals surface area contributed by atoms with Crippen molar-refractivity contribution in [2.45, 2.75) is 6.04 Å². The largest absolute Gasteiger partial charge is 0.356 e. The topological polar surface area (TPSA) is 68.5 Å². The number of rotatable bonds is 5. The van der Waals surface area contributed by atoms with Gasteiger partial charge >= 0.3 is 0 Å². The van der Waals surface area contributed by atoms with E-state index in [0.29, 0.717) is 11.6 Å². The zero-order valence-corrected chi connectivity index (χ0v) is 13.4. The fraction of sp³-hybridized carbons (Fsp3) is 0.0526. The molecule has 0 saturated carbocycles. The summed E-state index contributed by atoms with van der Waals surface area (Å²) in [5, 5.41) is 7.63. The van der Waals surface area contributed by atoms with Crippen LogP contribution in [0.1, 0.15) is 17.3 Å². The predicted molar refractivity (Wildman–Crippen MR) is 95.3 cm³/mol. The maximum Gasteiger partial charge on any atom is 0.173 e. The second-order valence-corrected chi connectivity index (χ2v) is 5.46. The van der Waals surface area contributed by atoms with E-state index in [9.17, 15) is 0 Å². The van der Waals surface area contributed by atoms with Gasteiger partial charge in [0.25, 0.3) is 0 Å². The first-order chi connectivity index (χ1) is 12.4. The summed E-state index contributed by atoms with van der Waals surface area (Å²) in [5.41, 5.74) is 2.02. The third-order valence-electron chi connectivity index (χ3n) is 3.77. The molecule has 0 aliphatic carbocycles. The zero-order chi connectivity index (χ0) is 16.9. The Kier molecular flexibility index (Phi) is 4.16. The normalized spacial score (nSPS) is 11.8. The van der Waals surface area contributed by atoms with Gasteiger partial charge in [0.2, 0.25) is 0 Å². The first-order valence-electron chi connectivity index (χ1n) is 7.94. The lowest BCUT2D eigenvalue weighted by Crippen LogP contribution is -2.15. The number of nitrogens with one attached hydrogen (secondary N) is 1. The van der Waals surface area contributed by atoms with Crippen LogP contribution in [-0.4, -0.2) is 24.7 Å². The lowest BCUT2D eigenvalue weighted by atomic mass is 10.0. The predicted octanol–water partition coefficient (Wildman–Crippen LogP) is 3.26. The van der Waals surface area contributed by atoms with E-state index in [-0.39, 0.29) is 6.04 Å². The summed E-state index contributed by atoms with van der Waals surface area (Å²) in [6.07, 6.45) is 8.71. The van der Waals surface area contributed by atoms with Crippen molar-refractivity contribution in [2.75, 3.05) is 5.32 Å². The first kappa shape index (κ1) is 15.0. The van der Waals surface area contributed by atoms with Crippen LogP contribution in [0.15, 0.2) is 85.6 Å². The summed E-state index contributed by atoms with van der Waals surface area (Å²) in [6.45, 7) is 0. The molecule has 3 aromatic heterocycles. The van der Waals surface area contributed by atoms with Crippen LogP contribution in [0.4, 0.5) is 5.82 Å². The molecule has 0 aliphatic heterocycles. The van der Waals surface area contributed by atoms with Gasteiger partial charge in [-0.2, -0.15) is 5.10 Å². The lowest BCUT2D eigenvalue weighted by molar-refractivity contribution is 0.826. The van der Waals surface area contributed by atoms with Gasteiger partial charge in [-0.25, -0.2) is 9.67 Å². The van der Waals surface area contributed by atoms with E-state index >= 15 is 0 Å². The molecule has 1 N–H and O–H groups in total. The Morgan fingerprint density at radius 2 is 1.76 bits per heavy atom. The van der Waals surface area contributed by atoms with Crippen LogP contribution in [0.5, 0.6) is 0 Å². The van der Waals surface area contributed by atoms with Crippen LogP contribution < -0.4 is 5.32 Å². The first-order valence-corrected chi connectivity index (χ1v) is 7.94. The molecule has 1 atom stereocenters. The maximum atomic E-state index is 4.61. The molecule has 1 unspecified atom stereocenters. The number of hydrogen-bond acceptors (Lipinski definition) is 5. The lowest BCUT2D eigenvalue weighted by Gasteiger charge is -2.19. The second kappa shape index (κ2) is 6.92. The van der Waals surface area contributed by atoms with E-state index in [2.05, 4.69) is 37.5 Å². The van der Waals surface area contributed by atoms with Crippen LogP contribution in [0.25, 0.3) is 5.82 Å². The van der Waals surface area contributed by atoms with Gasteiger partial charge in [0.1, 0.15) is 5.82 Å². The van der Waals surface area contributed by atoms with E-state index in [1.165, 1.54) is 0 Å². The molecule has 25 heavy (non-hydrogen) atoms. The van der Waals surface area contributed by atoms with Gasteiger partial charge in [0, 0.05) is 18.6 Å². The minimum atomic E-state index is -0.121. The van der Waals surface area contributed by atoms with Crippen LogP contribution in [0, 0.1) is 0 Å². The number of hydrogen-bond donors (Lipinski definition) is 1. The van der Waals surface area contributed by atoms with Crippen molar-refractivity contribution >= 4 is 5.82 Å². The summed E-state index contributed by atoms with van der Waals surface area (Å²) in [7, 11) is 0. The van der Waals surface area contributed by atoms with Crippen molar-refractivity contribution in [2.24, 2.45) is 0 Å². The molecule has 4 aromatic rings. The Bertz CT molecular complexity index is 883. The van der Waals surface area contributed by atoms with Gasteiger partial charge in [-0.1, -0.05) is 36.4 Å². The average molecular weight is 328 g/mol. The van der Waals surface area contributed by atoms with Gasteiger partial charge in [0.05, 0.1) is 24.1 Å². The zero-order valence-electron chi connectivity index (χ0n) is 13.4. The molecule has 0 bridgehead atoms. The molecule has 0 aliphatic rings. The molecular formula is C19H16N6. The molecule has 0 saturated heterocycles. The molecule has 6 nitrogen and oxygen atoms in total. The Balaban J connectivity index is 1.69. The summed E-state index contributed by atoms with van der Waals surface area (Å²) < 4.78 is 1.68. The molecule has 0 radical (unpaired) electrons. The molecule has 0 spiro atoms. The van der Waals surface area contributed by atoms with Crippen molar-refractivity contribution in [1.29, 1.82) is 0 Å². The standard InChI is InChI=1S/C19H16N6/c1-2-7-15(8-3-1)19(16-9-4-5-10-21-16)24-17-13-20-14-18(23-17)25-12-6-11-22-25/h1-14,19H,(H,23,24). The average Bonchev–Trinajstić information content (AvgIpc) is 3.23. The summed E-state index contributed by atoms with van der Waals surface area (Å²) >= 11 is 0. The SMILES string of the molecule is c1ccc(C(Nc2cncc(-n3cccn3)n2)c2ccccn2)cc1. The Labute approximate surface area is 145 Å². The number of nitrogens with zero attached hydrogens (tertiary/aromatic N) is 5. The van der Waals surface area contributed by atoms with E-state index in [0.717, 1.165) is 11.3 Å². The number of pyridine rings is 1. The second-order valence-electron chi connectivity index (χ2n) is 5.46. The van der Waals surface area contributed by atoms with Crippen LogP contribution in [-0.2, 0) is 0 Å². The van der Waals surface area contributed by atoms with E-state index in [1.807, 2.05) is 48.7 Å². The van der Waals surface area contributed by atoms with Gasteiger partial charge in [0.15, 0.2) is 5.82 Å². The summed E-state index contributed by atoms with van der Waals surface area (Å²) in [6, 6.07) is 17.8. The summed E-state index contributed by atoms with van der Waals surface area (Å²) in [4.78, 5) is 13.4. The fourth-order valence-electron chi connectivity index (χ4n) is 2.61. The van der Waals surface area contributed by atoms with Gasteiger partial charge in [-0.15, -0.1) is 0 Å². The highest BCUT2D eigenvalue weighted by molar-refractivity contribution is 5.43. The highest BCUT2D eigenvalue weighted by Crippen LogP contribution is 2.24. The minimum Gasteiger partial charge on any atom is -0.356 e. The molecule has 3 heterocycles. The molecule has 0 amide bonds. The van der Waals surface area contributed by atoms with Crippen molar-refractivity contribution in [3.05, 3.63) is 96.8 Å². The third kappa shape index (κ3) is 3.37. The van der Waals surface area contributed by atoms with Crippen LogP contribution in [0.3, 0.4) is 0 Å². The molecule has 6 heteroatoms. The highest BCUT2D eigenvalue weighted by atomic mass is 15.3. The Morgan fingerprint density at radius 3 is 2.52 bits per heavy atom. The van der Waals surface area contributed by atoms with E-state index < -0.39 is 0 Å². The van der Waals surface area contributed by atoms with Gasteiger partial charge in [-0.05, 0) is 23.8 Å². The van der Waals surface area contributed by atoms with Crippen LogP contribution >= 0.6 is 0 Å². The quantitative estimate of drug-likeness (QED) is 0.609. The number of benzene rings is 1. The third-order valence-corrected chi connectivity index (χ3v) is 3.77.